The normalized spacial score (nSPS) is 31.2. The molecule has 1 saturated heterocycles. The summed E-state index contributed by atoms with van der Waals surface area (Å²) in [5, 5.41) is 0. The van der Waals surface area contributed by atoms with Crippen LogP contribution in [0.2, 0.25) is 0 Å². The van der Waals surface area contributed by atoms with Gasteiger partial charge in [-0.3, -0.25) is 0 Å². The highest BCUT2D eigenvalue weighted by Crippen LogP contribution is 2.36. The molecule has 106 valence electrons. The Labute approximate surface area is 116 Å². The number of nitrogens with two attached hydrogens (primary N) is 1. The van der Waals surface area contributed by atoms with Crippen molar-refractivity contribution in [3.8, 4) is 0 Å². The lowest BCUT2D eigenvalue weighted by Gasteiger charge is -2.50. The van der Waals surface area contributed by atoms with E-state index in [0.717, 1.165) is 19.4 Å². The van der Waals surface area contributed by atoms with E-state index in [-0.39, 0.29) is 17.7 Å². The van der Waals surface area contributed by atoms with Crippen molar-refractivity contribution in [1.29, 1.82) is 0 Å². The van der Waals surface area contributed by atoms with E-state index in [4.69, 9.17) is 10.5 Å². The molecule has 1 fully saturated rings. The van der Waals surface area contributed by atoms with Crippen LogP contribution < -0.4 is 10.6 Å². The molecule has 0 aliphatic carbocycles. The quantitative estimate of drug-likeness (QED) is 0.907. The van der Waals surface area contributed by atoms with Crippen molar-refractivity contribution in [2.24, 2.45) is 5.73 Å². The van der Waals surface area contributed by atoms with Gasteiger partial charge in [-0.15, -0.1) is 0 Å². The first-order valence-electron chi connectivity index (χ1n) is 7.29. The van der Waals surface area contributed by atoms with Crippen LogP contribution in [0.1, 0.15) is 33.6 Å². The maximum absolute atomic E-state index is 6.18. The van der Waals surface area contributed by atoms with Crippen molar-refractivity contribution >= 4 is 5.69 Å². The average Bonchev–Trinajstić information content (AvgIpc) is 2.39. The van der Waals surface area contributed by atoms with Crippen LogP contribution in [0.25, 0.3) is 0 Å². The van der Waals surface area contributed by atoms with Crippen molar-refractivity contribution in [2.45, 2.75) is 51.4 Å². The van der Waals surface area contributed by atoms with Crippen LogP contribution in [-0.2, 0) is 4.74 Å². The molecule has 2 rings (SSSR count). The van der Waals surface area contributed by atoms with E-state index >= 15 is 0 Å². The molecule has 0 aromatic heterocycles. The van der Waals surface area contributed by atoms with Gasteiger partial charge in [0.25, 0.3) is 0 Å². The summed E-state index contributed by atoms with van der Waals surface area (Å²) in [5.74, 6) is 0. The van der Waals surface area contributed by atoms with Gasteiger partial charge in [0.2, 0.25) is 0 Å². The number of likely N-dealkylation sites (N-methyl/N-ethyl adjacent to an activating group) is 1. The fourth-order valence-corrected chi connectivity index (χ4v) is 3.54. The van der Waals surface area contributed by atoms with Gasteiger partial charge in [-0.2, -0.15) is 0 Å². The Balaban J connectivity index is 2.32. The summed E-state index contributed by atoms with van der Waals surface area (Å²) in [7, 11) is 0. The summed E-state index contributed by atoms with van der Waals surface area (Å²) in [5.41, 5.74) is 7.46. The van der Waals surface area contributed by atoms with Crippen molar-refractivity contribution in [1.82, 2.24) is 0 Å². The Morgan fingerprint density at radius 1 is 1.21 bits per heavy atom. The van der Waals surface area contributed by atoms with Crippen molar-refractivity contribution < 1.29 is 4.74 Å². The Morgan fingerprint density at radius 2 is 1.79 bits per heavy atom. The van der Waals surface area contributed by atoms with Gasteiger partial charge in [-0.05, 0) is 45.7 Å². The SMILES string of the molecule is CCN(c1ccccc1)C1(CN)CC(C)OC(C)C1. The second kappa shape index (κ2) is 5.93. The third-order valence-corrected chi connectivity index (χ3v) is 4.14. The minimum atomic E-state index is 0.0210. The number of nitrogens with zero attached hydrogens (tertiary/aromatic N) is 1. The number of benzene rings is 1. The Hall–Kier alpha value is -1.06. The molecule has 1 aliphatic heterocycles. The topological polar surface area (TPSA) is 38.5 Å². The van der Waals surface area contributed by atoms with Gasteiger partial charge in [0.1, 0.15) is 0 Å². The number of hydrogen-bond acceptors (Lipinski definition) is 3. The van der Waals surface area contributed by atoms with Gasteiger partial charge in [0, 0.05) is 18.8 Å². The lowest BCUT2D eigenvalue weighted by molar-refractivity contribution is -0.0598. The molecule has 2 atom stereocenters. The average molecular weight is 262 g/mol. The highest BCUT2D eigenvalue weighted by Gasteiger charge is 2.41. The predicted octanol–water partition coefficient (Wildman–Crippen LogP) is 2.80. The molecule has 2 unspecified atom stereocenters. The third kappa shape index (κ3) is 2.93. The molecule has 0 bridgehead atoms. The van der Waals surface area contributed by atoms with Crippen LogP contribution in [0, 0.1) is 0 Å². The monoisotopic (exact) mass is 262 g/mol. The maximum atomic E-state index is 6.18. The largest absolute Gasteiger partial charge is 0.375 e. The molecule has 1 heterocycles. The van der Waals surface area contributed by atoms with Crippen molar-refractivity contribution in [2.75, 3.05) is 18.0 Å². The van der Waals surface area contributed by atoms with Gasteiger partial charge in [-0.1, -0.05) is 18.2 Å². The molecule has 3 heteroatoms. The summed E-state index contributed by atoms with van der Waals surface area (Å²) in [6.07, 6.45) is 2.53. The van der Waals surface area contributed by atoms with Crippen LogP contribution in [0.4, 0.5) is 5.69 Å². The van der Waals surface area contributed by atoms with E-state index in [1.165, 1.54) is 5.69 Å². The van der Waals surface area contributed by atoms with Crippen LogP contribution in [0.15, 0.2) is 30.3 Å². The highest BCUT2D eigenvalue weighted by molar-refractivity contribution is 5.49. The molecule has 0 radical (unpaired) electrons. The third-order valence-electron chi connectivity index (χ3n) is 4.14. The molecule has 3 nitrogen and oxygen atoms in total. The molecule has 1 aromatic carbocycles. The van der Waals surface area contributed by atoms with E-state index in [2.05, 4.69) is 56.0 Å². The lowest BCUT2D eigenvalue weighted by atomic mass is 9.82. The van der Waals surface area contributed by atoms with Crippen LogP contribution >= 0.6 is 0 Å². The minimum Gasteiger partial charge on any atom is -0.375 e. The summed E-state index contributed by atoms with van der Waals surface area (Å²) in [6.45, 7) is 8.15. The van der Waals surface area contributed by atoms with Gasteiger partial charge in [0.05, 0.1) is 17.7 Å². The van der Waals surface area contributed by atoms with E-state index in [0.29, 0.717) is 6.54 Å². The second-order valence-corrected chi connectivity index (χ2v) is 5.67. The Morgan fingerprint density at radius 3 is 2.26 bits per heavy atom. The number of anilines is 1. The van der Waals surface area contributed by atoms with Crippen LogP contribution in [-0.4, -0.2) is 30.8 Å². The number of ether oxygens (including phenoxy) is 1. The number of hydrogen-bond donors (Lipinski definition) is 1. The van der Waals surface area contributed by atoms with E-state index in [9.17, 15) is 0 Å². The number of rotatable bonds is 4. The zero-order chi connectivity index (χ0) is 13.9. The van der Waals surface area contributed by atoms with Gasteiger partial charge < -0.3 is 15.4 Å². The first kappa shape index (κ1) is 14.4. The molecule has 0 spiro atoms. The zero-order valence-corrected chi connectivity index (χ0v) is 12.3. The minimum absolute atomic E-state index is 0.0210. The fourth-order valence-electron chi connectivity index (χ4n) is 3.54. The predicted molar refractivity (Wildman–Crippen MR) is 80.5 cm³/mol. The van der Waals surface area contributed by atoms with Crippen molar-refractivity contribution in [3.63, 3.8) is 0 Å². The first-order chi connectivity index (χ1) is 9.11. The maximum Gasteiger partial charge on any atom is 0.0573 e. The molecular weight excluding hydrogens is 236 g/mol. The molecule has 0 saturated carbocycles. The van der Waals surface area contributed by atoms with Gasteiger partial charge in [0.15, 0.2) is 0 Å². The fraction of sp³-hybridized carbons (Fsp3) is 0.625. The molecular formula is C16H26N2O. The molecule has 0 amide bonds. The Bertz CT molecular complexity index is 383. The standard InChI is InChI=1S/C16H26N2O/c1-4-18(15-8-6-5-7-9-15)16(12-17)10-13(2)19-14(3)11-16/h5-9,13-14H,4,10-12,17H2,1-3H3. The summed E-state index contributed by atoms with van der Waals surface area (Å²) in [4.78, 5) is 2.46. The van der Waals surface area contributed by atoms with Crippen LogP contribution in [0.3, 0.4) is 0 Å². The summed E-state index contributed by atoms with van der Waals surface area (Å²) < 4.78 is 5.89. The second-order valence-electron chi connectivity index (χ2n) is 5.67. The van der Waals surface area contributed by atoms with E-state index in [1.807, 2.05) is 0 Å². The van der Waals surface area contributed by atoms with Crippen molar-refractivity contribution in [3.05, 3.63) is 30.3 Å². The highest BCUT2D eigenvalue weighted by atomic mass is 16.5. The molecule has 1 aliphatic rings. The zero-order valence-electron chi connectivity index (χ0n) is 12.3. The van der Waals surface area contributed by atoms with E-state index < -0.39 is 0 Å². The molecule has 19 heavy (non-hydrogen) atoms. The van der Waals surface area contributed by atoms with Gasteiger partial charge in [-0.25, -0.2) is 0 Å². The lowest BCUT2D eigenvalue weighted by Crippen LogP contribution is -2.60. The summed E-state index contributed by atoms with van der Waals surface area (Å²) in [6, 6.07) is 10.6. The van der Waals surface area contributed by atoms with E-state index in [1.54, 1.807) is 0 Å². The number of para-hydroxylation sites is 1. The molecule has 2 N–H and O–H groups in total. The smallest absolute Gasteiger partial charge is 0.0573 e. The first-order valence-corrected chi connectivity index (χ1v) is 7.29. The van der Waals surface area contributed by atoms with Gasteiger partial charge >= 0.3 is 0 Å². The Kier molecular flexibility index (Phi) is 4.48. The summed E-state index contributed by atoms with van der Waals surface area (Å²) >= 11 is 0. The molecule has 1 aromatic rings. The van der Waals surface area contributed by atoms with Crippen LogP contribution in [0.5, 0.6) is 0 Å².